The number of rotatable bonds is 5. The second-order valence-electron chi connectivity index (χ2n) is 6.08. The predicted octanol–water partition coefficient (Wildman–Crippen LogP) is 2.89. The van der Waals surface area contributed by atoms with Gasteiger partial charge in [-0.1, -0.05) is 0 Å². The van der Waals surface area contributed by atoms with Gasteiger partial charge in [-0.3, -0.25) is 14.2 Å². The molecule has 1 amide bonds. The predicted molar refractivity (Wildman–Crippen MR) is 103 cm³/mol. The zero-order valence-corrected chi connectivity index (χ0v) is 15.7. The Labute approximate surface area is 159 Å². The van der Waals surface area contributed by atoms with Crippen LogP contribution in [0.1, 0.15) is 10.4 Å². The lowest BCUT2D eigenvalue weighted by Crippen LogP contribution is -2.31. The summed E-state index contributed by atoms with van der Waals surface area (Å²) in [4.78, 5) is 29.3. The van der Waals surface area contributed by atoms with E-state index in [9.17, 15) is 14.0 Å². The number of aromatic amines is 1. The van der Waals surface area contributed by atoms with Gasteiger partial charge in [0.1, 0.15) is 18.2 Å². The molecular weight excluding hydrogens is 369 g/mol. The Kier molecular flexibility index (Phi) is 5.36. The summed E-state index contributed by atoms with van der Waals surface area (Å²) in [6.07, 6.45) is 0. The number of benzene rings is 2. The largest absolute Gasteiger partial charge is 0.492 e. The first-order valence-corrected chi connectivity index (χ1v) is 8.64. The molecule has 0 spiro atoms. The van der Waals surface area contributed by atoms with Gasteiger partial charge in [0.15, 0.2) is 4.77 Å². The quantitative estimate of drug-likeness (QED) is 0.684. The molecule has 0 aliphatic rings. The summed E-state index contributed by atoms with van der Waals surface area (Å²) in [6, 6.07) is 10.5. The van der Waals surface area contributed by atoms with E-state index in [-0.39, 0.29) is 28.7 Å². The first-order chi connectivity index (χ1) is 12.9. The smallest absolute Gasteiger partial charge is 0.261 e. The van der Waals surface area contributed by atoms with Crippen LogP contribution in [-0.2, 0) is 7.05 Å². The van der Waals surface area contributed by atoms with Gasteiger partial charge in [-0.25, -0.2) is 4.39 Å². The summed E-state index contributed by atoms with van der Waals surface area (Å²) < 4.78 is 20.0. The Morgan fingerprint density at radius 3 is 2.67 bits per heavy atom. The van der Waals surface area contributed by atoms with Gasteiger partial charge in [0.05, 0.1) is 17.4 Å². The molecule has 27 heavy (non-hydrogen) atoms. The zero-order chi connectivity index (χ0) is 19.6. The maximum Gasteiger partial charge on any atom is 0.261 e. The lowest BCUT2D eigenvalue weighted by molar-refractivity contribution is 0.0774. The average Bonchev–Trinajstić information content (AvgIpc) is 2.66. The molecule has 3 rings (SSSR count). The fourth-order valence-corrected chi connectivity index (χ4v) is 2.79. The van der Waals surface area contributed by atoms with Crippen LogP contribution in [0.25, 0.3) is 10.9 Å². The number of nitrogens with zero attached hydrogens (tertiary/aromatic N) is 2. The molecule has 1 aromatic heterocycles. The number of hydrogen-bond acceptors (Lipinski definition) is 4. The van der Waals surface area contributed by atoms with Crippen LogP contribution in [0.2, 0.25) is 0 Å². The maximum absolute atomic E-state index is 12.9. The number of aromatic nitrogens is 2. The van der Waals surface area contributed by atoms with E-state index in [0.717, 1.165) is 0 Å². The van der Waals surface area contributed by atoms with Crippen molar-refractivity contribution in [3.05, 3.63) is 69.0 Å². The van der Waals surface area contributed by atoms with Crippen molar-refractivity contribution in [2.45, 2.75) is 0 Å². The molecule has 0 saturated heterocycles. The maximum atomic E-state index is 12.9. The third-order valence-corrected chi connectivity index (χ3v) is 4.58. The molecule has 0 fully saturated rings. The van der Waals surface area contributed by atoms with E-state index >= 15 is 0 Å². The molecule has 0 aliphatic carbocycles. The minimum absolute atomic E-state index is 0.209. The molecule has 0 bridgehead atoms. The molecule has 0 atom stereocenters. The van der Waals surface area contributed by atoms with Crippen LogP contribution in [0.3, 0.4) is 0 Å². The second-order valence-corrected chi connectivity index (χ2v) is 6.47. The highest BCUT2D eigenvalue weighted by Crippen LogP contribution is 2.13. The van der Waals surface area contributed by atoms with Gasteiger partial charge in [0.2, 0.25) is 0 Å². The van der Waals surface area contributed by atoms with Crippen molar-refractivity contribution in [1.29, 1.82) is 0 Å². The molecule has 8 heteroatoms. The van der Waals surface area contributed by atoms with Gasteiger partial charge in [-0.05, 0) is 54.7 Å². The van der Waals surface area contributed by atoms with E-state index in [2.05, 4.69) is 4.98 Å². The van der Waals surface area contributed by atoms with Crippen LogP contribution in [0.4, 0.5) is 4.39 Å². The molecule has 0 unspecified atom stereocenters. The molecule has 1 heterocycles. The van der Waals surface area contributed by atoms with E-state index in [1.807, 2.05) is 0 Å². The number of nitrogens with one attached hydrogen (secondary N) is 1. The molecule has 0 aliphatic heterocycles. The van der Waals surface area contributed by atoms with E-state index < -0.39 is 0 Å². The standard InChI is InChI=1S/C19H18FN3O3S/c1-22(9-10-26-14-6-4-13(20)5-7-14)17(24)12-3-8-15-16(11-12)21-19(27)23(2)18(15)25/h3-8,11H,9-10H2,1-2H3,(H,21,27). The fourth-order valence-electron chi connectivity index (χ4n) is 2.59. The third kappa shape index (κ3) is 4.06. The Hall–Kier alpha value is -3.00. The van der Waals surface area contributed by atoms with Gasteiger partial charge in [0.25, 0.3) is 11.5 Å². The van der Waals surface area contributed by atoms with Crippen molar-refractivity contribution < 1.29 is 13.9 Å². The third-order valence-electron chi connectivity index (χ3n) is 4.20. The molecule has 1 N–H and O–H groups in total. The minimum atomic E-state index is -0.333. The number of likely N-dealkylation sites (N-methyl/N-ethyl adjacent to an activating group) is 1. The summed E-state index contributed by atoms with van der Waals surface area (Å²) in [6.45, 7) is 0.616. The van der Waals surface area contributed by atoms with Crippen LogP contribution in [0.15, 0.2) is 47.3 Å². The van der Waals surface area contributed by atoms with Crippen LogP contribution in [-0.4, -0.2) is 40.6 Å². The van der Waals surface area contributed by atoms with E-state index in [0.29, 0.717) is 28.8 Å². The highest BCUT2D eigenvalue weighted by atomic mass is 32.1. The highest BCUT2D eigenvalue weighted by Gasteiger charge is 2.13. The molecule has 6 nitrogen and oxygen atoms in total. The monoisotopic (exact) mass is 387 g/mol. The molecular formula is C19H18FN3O3S. The van der Waals surface area contributed by atoms with Gasteiger partial charge < -0.3 is 14.6 Å². The molecule has 0 radical (unpaired) electrons. The molecule has 140 valence electrons. The Balaban J connectivity index is 1.71. The van der Waals surface area contributed by atoms with Crippen molar-refractivity contribution in [3.8, 4) is 5.75 Å². The normalized spacial score (nSPS) is 10.8. The SMILES string of the molecule is CN(CCOc1ccc(F)cc1)C(=O)c1ccc2c(=O)n(C)c(=S)[nH]c2c1. The summed E-state index contributed by atoms with van der Waals surface area (Å²) in [5.41, 5.74) is 0.740. The van der Waals surface area contributed by atoms with Gasteiger partial charge in [0, 0.05) is 19.7 Å². The van der Waals surface area contributed by atoms with Crippen molar-refractivity contribution in [2.24, 2.45) is 7.05 Å². The fraction of sp³-hybridized carbons (Fsp3) is 0.211. The number of carbonyl (C=O) groups is 1. The Morgan fingerprint density at radius 2 is 1.96 bits per heavy atom. The number of ether oxygens (including phenoxy) is 1. The van der Waals surface area contributed by atoms with E-state index in [4.69, 9.17) is 17.0 Å². The summed E-state index contributed by atoms with van der Waals surface area (Å²) in [7, 11) is 3.25. The van der Waals surface area contributed by atoms with Gasteiger partial charge >= 0.3 is 0 Å². The second kappa shape index (κ2) is 7.71. The number of hydrogen-bond donors (Lipinski definition) is 1. The number of amides is 1. The van der Waals surface area contributed by atoms with Crippen molar-refractivity contribution in [2.75, 3.05) is 20.2 Å². The zero-order valence-electron chi connectivity index (χ0n) is 14.9. The summed E-state index contributed by atoms with van der Waals surface area (Å²) in [5, 5.41) is 0.463. The van der Waals surface area contributed by atoms with Gasteiger partial charge in [-0.2, -0.15) is 0 Å². The highest BCUT2D eigenvalue weighted by molar-refractivity contribution is 7.71. The number of fused-ring (bicyclic) bond motifs is 1. The van der Waals surface area contributed by atoms with Crippen LogP contribution < -0.4 is 10.3 Å². The average molecular weight is 387 g/mol. The summed E-state index contributed by atoms with van der Waals surface area (Å²) >= 11 is 5.11. The molecule has 0 saturated carbocycles. The van der Waals surface area contributed by atoms with Crippen LogP contribution in [0, 0.1) is 10.6 Å². The van der Waals surface area contributed by atoms with E-state index in [1.54, 1.807) is 32.3 Å². The first-order valence-electron chi connectivity index (χ1n) is 8.24. The number of H-pyrrole nitrogens is 1. The minimum Gasteiger partial charge on any atom is -0.492 e. The number of carbonyl (C=O) groups excluding carboxylic acids is 1. The first kappa shape index (κ1) is 18.8. The summed E-state index contributed by atoms with van der Waals surface area (Å²) in [5.74, 6) is -0.00852. The Bertz CT molecular complexity index is 1110. The number of halogens is 1. The Morgan fingerprint density at radius 1 is 1.26 bits per heavy atom. The van der Waals surface area contributed by atoms with Crippen LogP contribution in [0.5, 0.6) is 5.75 Å². The van der Waals surface area contributed by atoms with E-state index in [1.165, 1.54) is 33.7 Å². The lowest BCUT2D eigenvalue weighted by atomic mass is 10.1. The topological polar surface area (TPSA) is 67.3 Å². The van der Waals surface area contributed by atoms with Crippen molar-refractivity contribution in [3.63, 3.8) is 0 Å². The van der Waals surface area contributed by atoms with Crippen molar-refractivity contribution >= 4 is 29.0 Å². The van der Waals surface area contributed by atoms with Crippen molar-refractivity contribution in [1.82, 2.24) is 14.5 Å². The van der Waals surface area contributed by atoms with Crippen LogP contribution >= 0.6 is 12.2 Å². The van der Waals surface area contributed by atoms with Gasteiger partial charge in [-0.15, -0.1) is 0 Å². The lowest BCUT2D eigenvalue weighted by Gasteiger charge is -2.18. The molecule has 2 aromatic carbocycles. The molecule has 3 aromatic rings.